The van der Waals surface area contributed by atoms with Crippen LogP contribution in [0, 0.1) is 34.5 Å². The molecule has 0 spiro atoms. The van der Waals surface area contributed by atoms with Crippen molar-refractivity contribution < 1.29 is 8.85 Å². The molecule has 0 aliphatic heterocycles. The lowest BCUT2D eigenvalue weighted by molar-refractivity contribution is -0.148. The van der Waals surface area contributed by atoms with Crippen molar-refractivity contribution >= 4 is 16.6 Å². The molecule has 3 unspecified atom stereocenters. The molecule has 4 rings (SSSR count). The first-order valence-corrected chi connectivity index (χ1v) is 19.9. The maximum atomic E-state index is 6.96. The van der Waals surface area contributed by atoms with E-state index >= 15 is 0 Å². The molecule has 0 saturated heterocycles. The summed E-state index contributed by atoms with van der Waals surface area (Å²) in [7, 11) is -2.98. The van der Waals surface area contributed by atoms with Crippen LogP contribution in [0.25, 0.3) is 0 Å². The fourth-order valence-corrected chi connectivity index (χ4v) is 11.8. The summed E-state index contributed by atoms with van der Waals surface area (Å²) in [6, 6.07) is 0. The van der Waals surface area contributed by atoms with Crippen LogP contribution in [0.4, 0.5) is 0 Å². The molecule has 0 aromatic rings. The Balaban J connectivity index is 1.52. The van der Waals surface area contributed by atoms with E-state index in [1.165, 1.54) is 57.8 Å². The Bertz CT molecular complexity index is 652. The van der Waals surface area contributed by atoms with Crippen LogP contribution in [0.5, 0.6) is 0 Å². The SMILES string of the molecule is C[C@]12CCC3C(CC[C@@H]4C[C@H](O[Si](C)(C)C)CC[C@]34C)C1CC[C@]2(C)O[Si](C)(C)C. The molecule has 0 radical (unpaired) electrons. The average Bonchev–Trinajstić information content (AvgIpc) is 2.83. The lowest BCUT2D eigenvalue weighted by atomic mass is 9.44. The molecular weight excluding hydrogens is 400 g/mol. The maximum absolute atomic E-state index is 6.96. The summed E-state index contributed by atoms with van der Waals surface area (Å²) in [6.45, 7) is 22.0. The highest BCUT2D eigenvalue weighted by Crippen LogP contribution is 2.69. The van der Waals surface area contributed by atoms with Gasteiger partial charge in [0.15, 0.2) is 16.6 Å². The van der Waals surface area contributed by atoms with E-state index < -0.39 is 16.6 Å². The smallest absolute Gasteiger partial charge is 0.184 e. The molecule has 0 bridgehead atoms. The summed E-state index contributed by atoms with van der Waals surface area (Å²) in [5.74, 6) is 3.65. The zero-order valence-corrected chi connectivity index (χ0v) is 23.6. The van der Waals surface area contributed by atoms with E-state index in [4.69, 9.17) is 8.85 Å². The second-order valence-electron chi connectivity index (χ2n) is 14.2. The van der Waals surface area contributed by atoms with Crippen molar-refractivity contribution in [3.05, 3.63) is 0 Å². The third-order valence-corrected chi connectivity index (χ3v) is 12.3. The minimum absolute atomic E-state index is 0.105. The molecule has 0 aromatic heterocycles. The first kappa shape index (κ1) is 23.5. The second-order valence-corrected chi connectivity index (χ2v) is 23.1. The topological polar surface area (TPSA) is 18.5 Å². The molecule has 4 heteroatoms. The Hall–Kier alpha value is 0.354. The highest BCUT2D eigenvalue weighted by atomic mass is 28.4. The molecule has 4 fully saturated rings. The second kappa shape index (κ2) is 7.43. The maximum Gasteiger partial charge on any atom is 0.184 e. The molecule has 4 aliphatic rings. The van der Waals surface area contributed by atoms with E-state index in [2.05, 4.69) is 60.1 Å². The van der Waals surface area contributed by atoms with Gasteiger partial charge in [0, 0.05) is 6.10 Å². The molecular formula is C26H50O2Si2. The van der Waals surface area contributed by atoms with Crippen molar-refractivity contribution in [1.29, 1.82) is 0 Å². The van der Waals surface area contributed by atoms with E-state index in [9.17, 15) is 0 Å². The van der Waals surface area contributed by atoms with Crippen molar-refractivity contribution in [3.8, 4) is 0 Å². The van der Waals surface area contributed by atoms with Gasteiger partial charge in [-0.05, 0) is 138 Å². The highest BCUT2D eigenvalue weighted by Gasteiger charge is 2.64. The molecule has 4 saturated carbocycles. The van der Waals surface area contributed by atoms with Crippen LogP contribution in [-0.2, 0) is 8.85 Å². The number of fused-ring (bicyclic) bond motifs is 5. The largest absolute Gasteiger partial charge is 0.415 e. The molecule has 2 nitrogen and oxygen atoms in total. The molecule has 4 aliphatic carbocycles. The first-order chi connectivity index (χ1) is 13.7. The van der Waals surface area contributed by atoms with E-state index in [-0.39, 0.29) is 5.60 Å². The molecule has 30 heavy (non-hydrogen) atoms. The van der Waals surface area contributed by atoms with Crippen LogP contribution in [-0.4, -0.2) is 28.3 Å². The lowest BCUT2D eigenvalue weighted by Crippen LogP contribution is -2.58. The first-order valence-electron chi connectivity index (χ1n) is 13.0. The van der Waals surface area contributed by atoms with Gasteiger partial charge in [0.05, 0.1) is 5.60 Å². The van der Waals surface area contributed by atoms with Gasteiger partial charge in [-0.2, -0.15) is 0 Å². The van der Waals surface area contributed by atoms with Crippen LogP contribution >= 0.6 is 0 Å². The summed E-state index contributed by atoms with van der Waals surface area (Å²) in [5, 5.41) is 0. The van der Waals surface area contributed by atoms with Gasteiger partial charge in [0.2, 0.25) is 0 Å². The summed E-state index contributed by atoms with van der Waals surface area (Å²) >= 11 is 0. The van der Waals surface area contributed by atoms with Gasteiger partial charge in [0.1, 0.15) is 0 Å². The van der Waals surface area contributed by atoms with Gasteiger partial charge < -0.3 is 8.85 Å². The third kappa shape index (κ3) is 3.94. The zero-order chi connectivity index (χ0) is 22.2. The fourth-order valence-electron chi connectivity index (χ4n) is 8.89. The van der Waals surface area contributed by atoms with E-state index in [1.54, 1.807) is 0 Å². The minimum Gasteiger partial charge on any atom is -0.415 e. The van der Waals surface area contributed by atoms with Crippen molar-refractivity contribution in [2.24, 2.45) is 34.5 Å². The van der Waals surface area contributed by atoms with Crippen LogP contribution in [0.3, 0.4) is 0 Å². The zero-order valence-electron chi connectivity index (χ0n) is 21.6. The fraction of sp³-hybridized carbons (Fsp3) is 1.00. The Morgan fingerprint density at radius 3 is 2.00 bits per heavy atom. The normalized spacial score (nSPS) is 49.3. The lowest BCUT2D eigenvalue weighted by Gasteiger charge is -2.62. The predicted molar refractivity (Wildman–Crippen MR) is 133 cm³/mol. The Kier molecular flexibility index (Phi) is 5.82. The van der Waals surface area contributed by atoms with Crippen molar-refractivity contribution in [3.63, 3.8) is 0 Å². The summed E-state index contributed by atoms with van der Waals surface area (Å²) in [6.07, 6.45) is 13.0. The summed E-state index contributed by atoms with van der Waals surface area (Å²) in [4.78, 5) is 0. The quantitative estimate of drug-likeness (QED) is 0.406. The van der Waals surface area contributed by atoms with E-state index in [1.807, 2.05) is 0 Å². The van der Waals surface area contributed by atoms with Crippen molar-refractivity contribution in [2.75, 3.05) is 0 Å². The standard InChI is InChI=1S/C26H50O2Si2/c1-24-15-12-20(27-29(4,5)6)18-19(24)10-11-21-22(24)13-16-25(2)23(21)14-17-26(25,3)28-30(7,8)9/h19-23H,10-18H2,1-9H3/t19-,20-,21?,22?,23?,24+,25+,26+/m1/s1. The van der Waals surface area contributed by atoms with Gasteiger partial charge in [0.25, 0.3) is 0 Å². The number of hydrogen-bond acceptors (Lipinski definition) is 2. The molecule has 174 valence electrons. The third-order valence-electron chi connectivity index (χ3n) is 10.2. The Labute approximate surface area is 189 Å². The average molecular weight is 451 g/mol. The molecule has 0 heterocycles. The van der Waals surface area contributed by atoms with Gasteiger partial charge >= 0.3 is 0 Å². The minimum atomic E-state index is -1.54. The van der Waals surface area contributed by atoms with Gasteiger partial charge in [-0.25, -0.2) is 0 Å². The van der Waals surface area contributed by atoms with Crippen LogP contribution in [0.15, 0.2) is 0 Å². The predicted octanol–water partition coefficient (Wildman–Crippen LogP) is 7.86. The van der Waals surface area contributed by atoms with E-state index in [0.717, 1.165) is 23.7 Å². The molecule has 0 aromatic carbocycles. The van der Waals surface area contributed by atoms with Crippen LogP contribution < -0.4 is 0 Å². The molecule has 0 amide bonds. The Morgan fingerprint density at radius 2 is 1.37 bits per heavy atom. The van der Waals surface area contributed by atoms with Gasteiger partial charge in [-0.1, -0.05) is 13.8 Å². The Morgan fingerprint density at radius 1 is 0.700 bits per heavy atom. The van der Waals surface area contributed by atoms with Gasteiger partial charge in [-0.15, -0.1) is 0 Å². The summed E-state index contributed by atoms with van der Waals surface area (Å²) < 4.78 is 13.6. The van der Waals surface area contributed by atoms with Crippen LogP contribution in [0.1, 0.15) is 78.6 Å². The monoisotopic (exact) mass is 450 g/mol. The number of rotatable bonds is 4. The highest BCUT2D eigenvalue weighted by molar-refractivity contribution is 6.70. The van der Waals surface area contributed by atoms with E-state index in [0.29, 0.717) is 16.9 Å². The number of hydrogen-bond donors (Lipinski definition) is 0. The van der Waals surface area contributed by atoms with Gasteiger partial charge in [-0.3, -0.25) is 0 Å². The van der Waals surface area contributed by atoms with Crippen molar-refractivity contribution in [1.82, 2.24) is 0 Å². The molecule has 0 N–H and O–H groups in total. The van der Waals surface area contributed by atoms with Crippen molar-refractivity contribution in [2.45, 2.75) is 130 Å². The van der Waals surface area contributed by atoms with Crippen LogP contribution in [0.2, 0.25) is 39.3 Å². The summed E-state index contributed by atoms with van der Waals surface area (Å²) in [5.41, 5.74) is 1.05. The molecule has 8 atom stereocenters.